The van der Waals surface area contributed by atoms with Crippen LogP contribution in [0.15, 0.2) is 53.1 Å². The summed E-state index contributed by atoms with van der Waals surface area (Å²) in [7, 11) is 3.63. The molecule has 2 N–H and O–H groups in total. The number of hydrogen-bond acceptors (Lipinski definition) is 7. The van der Waals surface area contributed by atoms with E-state index >= 15 is 0 Å². The van der Waals surface area contributed by atoms with Crippen molar-refractivity contribution in [3.8, 4) is 17.2 Å². The van der Waals surface area contributed by atoms with Gasteiger partial charge in [0.05, 0.1) is 24.4 Å². The van der Waals surface area contributed by atoms with Gasteiger partial charge in [-0.1, -0.05) is 17.3 Å². The second kappa shape index (κ2) is 9.71. The Kier molecular flexibility index (Phi) is 7.04. The Morgan fingerprint density at radius 3 is 2.73 bits per heavy atom. The van der Waals surface area contributed by atoms with Crippen LogP contribution in [0, 0.1) is 0 Å². The predicted octanol–water partition coefficient (Wildman–Crippen LogP) is 3.00. The summed E-state index contributed by atoms with van der Waals surface area (Å²) < 4.78 is 10.7. The third-order valence-electron chi connectivity index (χ3n) is 5.01. The number of anilines is 1. The first-order chi connectivity index (χ1) is 14.2. The molecule has 1 amide bonds. The molecule has 0 radical (unpaired) electrons. The fraction of sp³-hybridized carbons (Fsp3) is 0.286. The molecule has 1 aliphatic rings. The van der Waals surface area contributed by atoms with E-state index in [9.17, 15) is 4.79 Å². The first kappa shape index (κ1) is 21.8. The summed E-state index contributed by atoms with van der Waals surface area (Å²) >= 11 is 0. The number of amides is 1. The molecule has 3 aromatic rings. The summed E-state index contributed by atoms with van der Waals surface area (Å²) in [5.74, 6) is 1.48. The molecular formula is C21H24ClN5O3. The third-order valence-corrected chi connectivity index (χ3v) is 5.01. The molecule has 0 saturated carbocycles. The molecule has 30 heavy (non-hydrogen) atoms. The Labute approximate surface area is 181 Å². The molecule has 2 aromatic carbocycles. The Balaban J connectivity index is 0.00000256. The van der Waals surface area contributed by atoms with Gasteiger partial charge in [0.25, 0.3) is 11.8 Å². The second-order valence-corrected chi connectivity index (χ2v) is 6.89. The van der Waals surface area contributed by atoms with E-state index in [-0.39, 0.29) is 24.4 Å². The van der Waals surface area contributed by atoms with E-state index in [1.54, 1.807) is 31.4 Å². The van der Waals surface area contributed by atoms with Crippen LogP contribution in [0.2, 0.25) is 0 Å². The van der Waals surface area contributed by atoms with Crippen molar-refractivity contribution in [1.29, 1.82) is 0 Å². The quantitative estimate of drug-likeness (QED) is 0.644. The van der Waals surface area contributed by atoms with E-state index in [0.29, 0.717) is 34.3 Å². The summed E-state index contributed by atoms with van der Waals surface area (Å²) in [6, 6.07) is 14.4. The van der Waals surface area contributed by atoms with Crippen LogP contribution in [0.3, 0.4) is 0 Å². The van der Waals surface area contributed by atoms with Crippen LogP contribution in [0.4, 0.5) is 5.69 Å². The first-order valence-corrected chi connectivity index (χ1v) is 9.45. The summed E-state index contributed by atoms with van der Waals surface area (Å²) in [6.07, 6.45) is 0. The van der Waals surface area contributed by atoms with Crippen molar-refractivity contribution in [1.82, 2.24) is 20.4 Å². The zero-order valence-electron chi connectivity index (χ0n) is 16.8. The van der Waals surface area contributed by atoms with Crippen LogP contribution in [0.5, 0.6) is 5.75 Å². The molecule has 1 aliphatic heterocycles. The molecule has 1 unspecified atom stereocenters. The van der Waals surface area contributed by atoms with Crippen molar-refractivity contribution >= 4 is 24.0 Å². The van der Waals surface area contributed by atoms with Gasteiger partial charge in [0.2, 0.25) is 0 Å². The van der Waals surface area contributed by atoms with E-state index in [1.165, 1.54) is 0 Å². The zero-order valence-corrected chi connectivity index (χ0v) is 17.6. The number of methoxy groups -OCH3 is 1. The van der Waals surface area contributed by atoms with Crippen LogP contribution in [-0.2, 0) is 0 Å². The number of ether oxygens (including phenoxy) is 1. The molecule has 1 fully saturated rings. The molecule has 4 rings (SSSR count). The van der Waals surface area contributed by atoms with E-state index in [2.05, 4.69) is 25.7 Å². The van der Waals surface area contributed by atoms with Crippen molar-refractivity contribution in [2.24, 2.45) is 0 Å². The summed E-state index contributed by atoms with van der Waals surface area (Å²) in [5.41, 5.74) is 1.82. The standard InChI is InChI=1S/C21H23N5O3.ClH/c1-26-12-11-22-13-18(26)19-24-21(29-25-19)16-5-3-4-6-17(16)23-20(27)14-7-9-15(28-2)10-8-14;/h3-10,18,22H,11-13H2,1-2H3,(H,23,27);1H. The Morgan fingerprint density at radius 1 is 1.23 bits per heavy atom. The number of halogens is 1. The van der Waals surface area contributed by atoms with Crippen LogP contribution in [0.25, 0.3) is 11.5 Å². The van der Waals surface area contributed by atoms with E-state index < -0.39 is 0 Å². The maximum absolute atomic E-state index is 12.7. The molecule has 2 heterocycles. The van der Waals surface area contributed by atoms with E-state index in [1.807, 2.05) is 31.3 Å². The molecule has 8 nitrogen and oxygen atoms in total. The van der Waals surface area contributed by atoms with Gasteiger partial charge in [0.1, 0.15) is 5.75 Å². The third kappa shape index (κ3) is 4.62. The predicted molar refractivity (Wildman–Crippen MR) is 116 cm³/mol. The van der Waals surface area contributed by atoms with Gasteiger partial charge in [-0.3, -0.25) is 9.69 Å². The highest BCUT2D eigenvalue weighted by atomic mass is 35.5. The Bertz CT molecular complexity index is 992. The van der Waals surface area contributed by atoms with Crippen LogP contribution >= 0.6 is 12.4 Å². The lowest BCUT2D eigenvalue weighted by Crippen LogP contribution is -2.44. The normalized spacial score (nSPS) is 16.5. The van der Waals surface area contributed by atoms with Crippen molar-refractivity contribution < 1.29 is 14.1 Å². The van der Waals surface area contributed by atoms with Gasteiger partial charge < -0.3 is 19.9 Å². The molecular weight excluding hydrogens is 406 g/mol. The maximum Gasteiger partial charge on any atom is 0.260 e. The minimum atomic E-state index is -0.226. The van der Waals surface area contributed by atoms with Gasteiger partial charge in [0.15, 0.2) is 5.82 Å². The Hall–Kier alpha value is -2.94. The minimum absolute atomic E-state index is 0. The fourth-order valence-electron chi connectivity index (χ4n) is 3.29. The van der Waals surface area contributed by atoms with Gasteiger partial charge >= 0.3 is 0 Å². The topological polar surface area (TPSA) is 92.5 Å². The van der Waals surface area contributed by atoms with Crippen LogP contribution < -0.4 is 15.4 Å². The average Bonchev–Trinajstić information content (AvgIpc) is 3.24. The number of nitrogens with one attached hydrogen (secondary N) is 2. The van der Waals surface area contributed by atoms with Gasteiger partial charge in [-0.2, -0.15) is 4.98 Å². The smallest absolute Gasteiger partial charge is 0.260 e. The molecule has 1 saturated heterocycles. The van der Waals surface area contributed by atoms with E-state index in [0.717, 1.165) is 19.6 Å². The number of aromatic nitrogens is 2. The maximum atomic E-state index is 12.7. The zero-order chi connectivity index (χ0) is 20.2. The van der Waals surface area contributed by atoms with Gasteiger partial charge in [-0.25, -0.2) is 0 Å². The van der Waals surface area contributed by atoms with Gasteiger partial charge in [0, 0.05) is 25.2 Å². The van der Waals surface area contributed by atoms with Crippen LogP contribution in [0.1, 0.15) is 22.2 Å². The summed E-state index contributed by atoms with van der Waals surface area (Å²) in [4.78, 5) is 19.4. The van der Waals surface area contributed by atoms with Crippen molar-refractivity contribution in [3.63, 3.8) is 0 Å². The highest BCUT2D eigenvalue weighted by Gasteiger charge is 2.26. The van der Waals surface area contributed by atoms with Gasteiger partial charge in [-0.15, -0.1) is 12.4 Å². The molecule has 1 aromatic heterocycles. The molecule has 0 aliphatic carbocycles. The lowest BCUT2D eigenvalue weighted by atomic mass is 10.1. The minimum Gasteiger partial charge on any atom is -0.497 e. The van der Waals surface area contributed by atoms with Crippen LogP contribution in [-0.4, -0.2) is 54.7 Å². The number of nitrogens with zero attached hydrogens (tertiary/aromatic N) is 3. The number of carbonyl (C=O) groups excluding carboxylic acids is 1. The number of hydrogen-bond donors (Lipinski definition) is 2. The average molecular weight is 430 g/mol. The second-order valence-electron chi connectivity index (χ2n) is 6.89. The lowest BCUT2D eigenvalue weighted by Gasteiger charge is -2.30. The fourth-order valence-corrected chi connectivity index (χ4v) is 3.29. The number of benzene rings is 2. The highest BCUT2D eigenvalue weighted by molar-refractivity contribution is 6.06. The largest absolute Gasteiger partial charge is 0.497 e. The summed E-state index contributed by atoms with van der Waals surface area (Å²) in [5, 5.41) is 10.4. The monoisotopic (exact) mass is 429 g/mol. The van der Waals surface area contributed by atoms with Crippen molar-refractivity contribution in [2.75, 3.05) is 39.1 Å². The first-order valence-electron chi connectivity index (χ1n) is 9.45. The number of piperazine rings is 1. The highest BCUT2D eigenvalue weighted by Crippen LogP contribution is 2.29. The molecule has 0 bridgehead atoms. The van der Waals surface area contributed by atoms with E-state index in [4.69, 9.17) is 9.26 Å². The SMILES string of the molecule is COc1ccc(C(=O)Nc2ccccc2-c2nc(C3CNCCN3C)no2)cc1.Cl. The number of carbonyl (C=O) groups is 1. The number of rotatable bonds is 5. The number of likely N-dealkylation sites (N-methyl/N-ethyl adjacent to an activating group) is 1. The molecule has 1 atom stereocenters. The Morgan fingerprint density at radius 2 is 2.00 bits per heavy atom. The molecule has 0 spiro atoms. The number of para-hydroxylation sites is 1. The molecule has 158 valence electrons. The van der Waals surface area contributed by atoms with Crippen molar-refractivity contribution in [3.05, 3.63) is 59.9 Å². The van der Waals surface area contributed by atoms with Crippen molar-refractivity contribution in [2.45, 2.75) is 6.04 Å². The summed E-state index contributed by atoms with van der Waals surface area (Å²) in [6.45, 7) is 2.63. The lowest BCUT2D eigenvalue weighted by molar-refractivity contribution is 0.102. The molecule has 9 heteroatoms. The van der Waals surface area contributed by atoms with Gasteiger partial charge in [-0.05, 0) is 43.4 Å².